The monoisotopic (exact) mass is 382 g/mol. The van der Waals surface area contributed by atoms with Crippen LogP contribution < -0.4 is 0 Å². The fraction of sp³-hybridized carbons (Fsp3) is 0.0769. The lowest BCUT2D eigenvalue weighted by molar-refractivity contribution is 1.13. The van der Waals surface area contributed by atoms with Crippen LogP contribution in [-0.4, -0.2) is 0 Å². The molecule has 0 aliphatic rings. The zero-order valence-electron chi connectivity index (χ0n) is 8.93. The molecular formula is C13H7BrCl4. The number of halogens is 5. The van der Waals surface area contributed by atoms with E-state index in [1.54, 1.807) is 24.3 Å². The highest BCUT2D eigenvalue weighted by atomic mass is 79.9. The van der Waals surface area contributed by atoms with Crippen molar-refractivity contribution in [1.29, 1.82) is 0 Å². The summed E-state index contributed by atoms with van der Waals surface area (Å²) in [6.07, 6.45) is 0. The fourth-order valence-corrected chi connectivity index (χ4v) is 3.58. The minimum atomic E-state index is -0.360. The zero-order chi connectivity index (χ0) is 13.3. The maximum Gasteiger partial charge on any atom is 0.0860 e. The normalized spacial score (nSPS) is 12.5. The van der Waals surface area contributed by atoms with Crippen LogP contribution in [0.5, 0.6) is 0 Å². The number of hydrogen-bond donors (Lipinski definition) is 0. The van der Waals surface area contributed by atoms with Crippen LogP contribution in [0.1, 0.15) is 16.5 Å². The van der Waals surface area contributed by atoms with Crippen LogP contribution in [0.3, 0.4) is 0 Å². The molecule has 2 rings (SSSR count). The van der Waals surface area contributed by atoms with E-state index in [0.29, 0.717) is 15.1 Å². The minimum absolute atomic E-state index is 0.360. The van der Waals surface area contributed by atoms with Crippen molar-refractivity contribution < 1.29 is 0 Å². The van der Waals surface area contributed by atoms with E-state index in [2.05, 4.69) is 15.9 Å². The number of alkyl halides is 1. The average molecular weight is 385 g/mol. The lowest BCUT2D eigenvalue weighted by Crippen LogP contribution is -1.95. The molecule has 94 valence electrons. The molecule has 2 aromatic carbocycles. The quantitative estimate of drug-likeness (QED) is 0.503. The van der Waals surface area contributed by atoms with Crippen molar-refractivity contribution in [3.8, 4) is 0 Å². The highest BCUT2D eigenvalue weighted by molar-refractivity contribution is 9.10. The van der Waals surface area contributed by atoms with Crippen LogP contribution >= 0.6 is 62.3 Å². The fourth-order valence-electron chi connectivity index (χ4n) is 1.58. The summed E-state index contributed by atoms with van der Waals surface area (Å²) in [5, 5.41) is 1.42. The van der Waals surface area contributed by atoms with Crippen molar-refractivity contribution >= 4 is 62.3 Å². The van der Waals surface area contributed by atoms with Crippen molar-refractivity contribution in [2.75, 3.05) is 0 Å². The predicted molar refractivity (Wildman–Crippen MR) is 83.3 cm³/mol. The molecule has 0 spiro atoms. The molecule has 1 unspecified atom stereocenters. The lowest BCUT2D eigenvalue weighted by atomic mass is 10.0. The first-order valence-electron chi connectivity index (χ1n) is 5.03. The summed E-state index contributed by atoms with van der Waals surface area (Å²) in [5.41, 5.74) is 1.72. The van der Waals surface area contributed by atoms with E-state index in [0.717, 1.165) is 15.6 Å². The van der Waals surface area contributed by atoms with Gasteiger partial charge in [0.2, 0.25) is 0 Å². The van der Waals surface area contributed by atoms with E-state index in [-0.39, 0.29) is 5.38 Å². The van der Waals surface area contributed by atoms with Gasteiger partial charge in [-0.3, -0.25) is 0 Å². The average Bonchev–Trinajstić information content (AvgIpc) is 2.28. The van der Waals surface area contributed by atoms with Gasteiger partial charge in [-0.05, 0) is 35.4 Å². The van der Waals surface area contributed by atoms with Crippen molar-refractivity contribution in [3.05, 3.63) is 67.1 Å². The van der Waals surface area contributed by atoms with E-state index in [9.17, 15) is 0 Å². The molecular weight excluding hydrogens is 378 g/mol. The zero-order valence-corrected chi connectivity index (χ0v) is 13.5. The molecule has 0 saturated heterocycles. The van der Waals surface area contributed by atoms with Gasteiger partial charge < -0.3 is 0 Å². The Balaban J connectivity index is 2.44. The van der Waals surface area contributed by atoms with Crippen molar-refractivity contribution in [1.82, 2.24) is 0 Å². The maximum absolute atomic E-state index is 6.45. The topological polar surface area (TPSA) is 0 Å². The third-order valence-corrected chi connectivity index (χ3v) is 4.43. The summed E-state index contributed by atoms with van der Waals surface area (Å²) in [5.74, 6) is 0. The summed E-state index contributed by atoms with van der Waals surface area (Å²) < 4.78 is 0.848. The summed E-state index contributed by atoms with van der Waals surface area (Å²) in [4.78, 5) is 0. The number of rotatable bonds is 2. The second-order valence-electron chi connectivity index (χ2n) is 3.69. The summed E-state index contributed by atoms with van der Waals surface area (Å²) >= 11 is 27.8. The largest absolute Gasteiger partial charge is 0.112 e. The van der Waals surface area contributed by atoms with Gasteiger partial charge in [0, 0.05) is 19.5 Å². The number of benzene rings is 2. The second kappa shape index (κ2) is 6.02. The Bertz CT molecular complexity index is 532. The maximum atomic E-state index is 6.45. The first kappa shape index (κ1) is 14.5. The van der Waals surface area contributed by atoms with Crippen molar-refractivity contribution in [2.24, 2.45) is 0 Å². The molecule has 0 aliphatic carbocycles. The highest BCUT2D eigenvalue weighted by Gasteiger charge is 2.17. The van der Waals surface area contributed by atoms with Crippen LogP contribution in [0.25, 0.3) is 0 Å². The van der Waals surface area contributed by atoms with Gasteiger partial charge in [0.25, 0.3) is 0 Å². The molecule has 0 fully saturated rings. The molecule has 0 aliphatic heterocycles. The van der Waals surface area contributed by atoms with Gasteiger partial charge in [-0.2, -0.15) is 0 Å². The first-order chi connectivity index (χ1) is 8.49. The van der Waals surface area contributed by atoms with Gasteiger partial charge in [0.05, 0.1) is 5.38 Å². The molecule has 0 heterocycles. The van der Waals surface area contributed by atoms with Gasteiger partial charge in [-0.1, -0.05) is 62.9 Å². The van der Waals surface area contributed by atoms with Crippen LogP contribution in [0, 0.1) is 0 Å². The molecule has 0 radical (unpaired) electrons. The van der Waals surface area contributed by atoms with Gasteiger partial charge in [-0.15, -0.1) is 11.6 Å². The molecule has 18 heavy (non-hydrogen) atoms. The predicted octanol–water partition coefficient (Wildman–Crippen LogP) is 6.74. The first-order valence-corrected chi connectivity index (χ1v) is 7.39. The Labute approximate surface area is 134 Å². The van der Waals surface area contributed by atoms with E-state index in [4.69, 9.17) is 46.4 Å². The Morgan fingerprint density at radius 1 is 0.833 bits per heavy atom. The smallest absolute Gasteiger partial charge is 0.0860 e. The Hall–Kier alpha value is 0.0800. The molecule has 0 N–H and O–H groups in total. The van der Waals surface area contributed by atoms with E-state index in [1.165, 1.54) is 0 Å². The van der Waals surface area contributed by atoms with Crippen LogP contribution in [0.4, 0.5) is 0 Å². The van der Waals surface area contributed by atoms with Gasteiger partial charge in [0.15, 0.2) is 0 Å². The summed E-state index contributed by atoms with van der Waals surface area (Å²) in [7, 11) is 0. The van der Waals surface area contributed by atoms with E-state index >= 15 is 0 Å². The van der Waals surface area contributed by atoms with Crippen LogP contribution in [0.15, 0.2) is 40.9 Å². The summed E-state index contributed by atoms with van der Waals surface area (Å²) in [6, 6.07) is 10.7. The second-order valence-corrected chi connectivity index (χ2v) is 6.27. The molecule has 5 heteroatoms. The van der Waals surface area contributed by atoms with Crippen molar-refractivity contribution in [2.45, 2.75) is 5.38 Å². The van der Waals surface area contributed by atoms with Crippen molar-refractivity contribution in [3.63, 3.8) is 0 Å². The third-order valence-electron chi connectivity index (χ3n) is 2.47. The minimum Gasteiger partial charge on any atom is -0.112 e. The van der Waals surface area contributed by atoms with Gasteiger partial charge >= 0.3 is 0 Å². The van der Waals surface area contributed by atoms with Crippen LogP contribution in [0.2, 0.25) is 15.1 Å². The molecule has 0 nitrogen and oxygen atoms in total. The van der Waals surface area contributed by atoms with Gasteiger partial charge in [-0.25, -0.2) is 0 Å². The molecule has 0 bridgehead atoms. The standard InChI is InChI=1S/C13H7BrCl4/c14-11-5-7(15)1-3-9(11)13(18)10-4-2-8(16)6-12(10)17/h1-6,13H. The Morgan fingerprint density at radius 3 is 1.94 bits per heavy atom. The van der Waals surface area contributed by atoms with E-state index < -0.39 is 0 Å². The van der Waals surface area contributed by atoms with Crippen LogP contribution in [-0.2, 0) is 0 Å². The third kappa shape index (κ3) is 3.15. The molecule has 1 atom stereocenters. The SMILES string of the molecule is Clc1ccc(C(Cl)c2ccc(Cl)cc2Br)c(Cl)c1. The number of hydrogen-bond acceptors (Lipinski definition) is 0. The Morgan fingerprint density at radius 2 is 1.39 bits per heavy atom. The molecule has 0 amide bonds. The highest BCUT2D eigenvalue weighted by Crippen LogP contribution is 2.38. The summed E-state index contributed by atoms with van der Waals surface area (Å²) in [6.45, 7) is 0. The lowest BCUT2D eigenvalue weighted by Gasteiger charge is -2.14. The van der Waals surface area contributed by atoms with Gasteiger partial charge in [0.1, 0.15) is 0 Å². The molecule has 0 aromatic heterocycles. The molecule has 0 saturated carbocycles. The Kier molecular flexibility index (Phi) is 4.85. The molecule has 2 aromatic rings. The van der Waals surface area contributed by atoms with E-state index in [1.807, 2.05) is 12.1 Å².